The Morgan fingerprint density at radius 2 is 2.38 bits per heavy atom. The van der Waals surface area contributed by atoms with Gasteiger partial charge in [0.15, 0.2) is 0 Å². The van der Waals surface area contributed by atoms with Gasteiger partial charge in [-0.1, -0.05) is 0 Å². The molecule has 5 nitrogen and oxygen atoms in total. The minimum Gasteiger partial charge on any atom is -0.393 e. The van der Waals surface area contributed by atoms with Crippen LogP contribution < -0.4 is 4.90 Å². The van der Waals surface area contributed by atoms with Gasteiger partial charge in [0.2, 0.25) is 0 Å². The van der Waals surface area contributed by atoms with Gasteiger partial charge < -0.3 is 15.1 Å². The Morgan fingerprint density at radius 3 is 3.00 bits per heavy atom. The van der Waals surface area contributed by atoms with Crippen molar-refractivity contribution >= 4 is 5.82 Å². The average molecular weight is 223 g/mol. The number of rotatable bonds is 3. The van der Waals surface area contributed by atoms with Gasteiger partial charge >= 0.3 is 0 Å². The highest BCUT2D eigenvalue weighted by atomic mass is 16.3. The summed E-state index contributed by atoms with van der Waals surface area (Å²) in [7, 11) is 0. The number of hydrogen-bond donors (Lipinski definition) is 2. The predicted octanol–water partition coefficient (Wildman–Crippen LogP) is 0.176. The molecule has 5 heteroatoms. The Kier molecular flexibility index (Phi) is 3.36. The molecule has 88 valence electrons. The van der Waals surface area contributed by atoms with Gasteiger partial charge in [-0.25, -0.2) is 4.98 Å². The number of hydrogen-bond acceptors (Lipinski definition) is 5. The summed E-state index contributed by atoms with van der Waals surface area (Å²) >= 11 is 0. The fourth-order valence-corrected chi connectivity index (χ4v) is 2.01. The Morgan fingerprint density at radius 1 is 1.56 bits per heavy atom. The van der Waals surface area contributed by atoms with Crippen LogP contribution in [-0.2, 0) is 6.61 Å². The topological polar surface area (TPSA) is 69.5 Å². The molecule has 0 aromatic carbocycles. The van der Waals surface area contributed by atoms with Crippen LogP contribution in [0.4, 0.5) is 5.82 Å². The lowest BCUT2D eigenvalue weighted by Crippen LogP contribution is -2.24. The molecule has 1 aromatic heterocycles. The van der Waals surface area contributed by atoms with Crippen molar-refractivity contribution in [2.75, 3.05) is 18.0 Å². The largest absolute Gasteiger partial charge is 0.393 e. The summed E-state index contributed by atoms with van der Waals surface area (Å²) in [5, 5.41) is 18.5. The zero-order chi connectivity index (χ0) is 11.5. The van der Waals surface area contributed by atoms with E-state index in [1.807, 2.05) is 6.92 Å². The summed E-state index contributed by atoms with van der Waals surface area (Å²) in [6.45, 7) is 3.43. The summed E-state index contributed by atoms with van der Waals surface area (Å²) in [5.41, 5.74) is 0.581. The molecule has 0 amide bonds. The van der Waals surface area contributed by atoms with Gasteiger partial charge in [0.1, 0.15) is 5.82 Å². The first-order chi connectivity index (χ1) is 7.70. The van der Waals surface area contributed by atoms with Gasteiger partial charge in [-0.05, 0) is 13.3 Å². The summed E-state index contributed by atoms with van der Waals surface area (Å²) in [6, 6.07) is 0. The van der Waals surface area contributed by atoms with Gasteiger partial charge in [-0.15, -0.1) is 0 Å². The van der Waals surface area contributed by atoms with Crippen molar-refractivity contribution < 1.29 is 10.2 Å². The zero-order valence-electron chi connectivity index (χ0n) is 9.37. The molecule has 1 aliphatic rings. The second-order valence-electron chi connectivity index (χ2n) is 4.26. The Bertz CT molecular complexity index is 357. The highest BCUT2D eigenvalue weighted by Gasteiger charge is 2.26. The first-order valence-electron chi connectivity index (χ1n) is 5.55. The third-order valence-electron chi connectivity index (χ3n) is 3.06. The van der Waals surface area contributed by atoms with Gasteiger partial charge in [-0.3, -0.25) is 4.98 Å². The molecule has 0 radical (unpaired) electrons. The molecule has 1 saturated heterocycles. The van der Waals surface area contributed by atoms with E-state index >= 15 is 0 Å². The molecule has 2 N–H and O–H groups in total. The van der Waals surface area contributed by atoms with Gasteiger partial charge in [0, 0.05) is 19.0 Å². The number of aliphatic hydroxyl groups is 2. The van der Waals surface area contributed by atoms with Crippen molar-refractivity contribution in [3.63, 3.8) is 0 Å². The highest BCUT2D eigenvalue weighted by Crippen LogP contribution is 2.23. The van der Waals surface area contributed by atoms with Gasteiger partial charge in [-0.2, -0.15) is 0 Å². The molecule has 2 rings (SSSR count). The molecule has 16 heavy (non-hydrogen) atoms. The Hall–Kier alpha value is -1.20. The number of nitrogens with zero attached hydrogens (tertiary/aromatic N) is 3. The lowest BCUT2D eigenvalue weighted by atomic mass is 10.0. The molecule has 2 atom stereocenters. The SMILES string of the molecule is CC(O)C1CCN(c2cncc(CO)n2)C1. The van der Waals surface area contributed by atoms with Crippen LogP contribution in [0.25, 0.3) is 0 Å². The van der Waals surface area contributed by atoms with Crippen LogP contribution in [0.5, 0.6) is 0 Å². The quantitative estimate of drug-likeness (QED) is 0.764. The standard InChI is InChI=1S/C11H17N3O2/c1-8(16)9-2-3-14(6-9)11-5-12-4-10(7-15)13-11/h4-5,8-9,15-16H,2-3,6-7H2,1H3. The van der Waals surface area contributed by atoms with Crippen LogP contribution in [0, 0.1) is 5.92 Å². The molecule has 0 aliphatic carbocycles. The molecule has 1 aliphatic heterocycles. The molecule has 0 saturated carbocycles. The maximum Gasteiger partial charge on any atom is 0.147 e. The van der Waals surface area contributed by atoms with E-state index in [0.29, 0.717) is 11.6 Å². The van der Waals surface area contributed by atoms with Gasteiger partial charge in [0.05, 0.1) is 30.8 Å². The van der Waals surface area contributed by atoms with E-state index in [-0.39, 0.29) is 12.7 Å². The van der Waals surface area contributed by atoms with E-state index in [2.05, 4.69) is 14.9 Å². The number of aliphatic hydroxyl groups excluding tert-OH is 2. The van der Waals surface area contributed by atoms with Gasteiger partial charge in [0.25, 0.3) is 0 Å². The second-order valence-corrected chi connectivity index (χ2v) is 4.26. The molecule has 1 aromatic rings. The maximum absolute atomic E-state index is 9.51. The van der Waals surface area contributed by atoms with Crippen LogP contribution in [0.2, 0.25) is 0 Å². The smallest absolute Gasteiger partial charge is 0.147 e. The summed E-state index contributed by atoms with van der Waals surface area (Å²) in [6.07, 6.45) is 3.96. The van der Waals surface area contributed by atoms with Crippen molar-refractivity contribution in [3.8, 4) is 0 Å². The predicted molar refractivity (Wildman–Crippen MR) is 60.0 cm³/mol. The average Bonchev–Trinajstić information content (AvgIpc) is 2.78. The van der Waals surface area contributed by atoms with E-state index in [1.165, 1.54) is 0 Å². The van der Waals surface area contributed by atoms with Crippen molar-refractivity contribution in [1.29, 1.82) is 0 Å². The molecule has 1 fully saturated rings. The molecular weight excluding hydrogens is 206 g/mol. The van der Waals surface area contributed by atoms with Crippen LogP contribution in [0.3, 0.4) is 0 Å². The van der Waals surface area contributed by atoms with Crippen LogP contribution in [-0.4, -0.2) is 39.4 Å². The van der Waals surface area contributed by atoms with Crippen LogP contribution in [0.1, 0.15) is 19.0 Å². The van der Waals surface area contributed by atoms with E-state index in [0.717, 1.165) is 25.3 Å². The third kappa shape index (κ3) is 2.31. The van der Waals surface area contributed by atoms with E-state index in [9.17, 15) is 5.11 Å². The molecule has 2 heterocycles. The zero-order valence-corrected chi connectivity index (χ0v) is 9.37. The minimum atomic E-state index is -0.279. The number of anilines is 1. The lowest BCUT2D eigenvalue weighted by molar-refractivity contribution is 0.136. The summed E-state index contributed by atoms with van der Waals surface area (Å²) in [4.78, 5) is 10.4. The maximum atomic E-state index is 9.51. The molecular formula is C11H17N3O2. The highest BCUT2D eigenvalue weighted by molar-refractivity contribution is 5.37. The van der Waals surface area contributed by atoms with E-state index in [4.69, 9.17) is 5.11 Å². The van der Waals surface area contributed by atoms with Crippen molar-refractivity contribution in [2.45, 2.75) is 26.1 Å². The van der Waals surface area contributed by atoms with E-state index < -0.39 is 0 Å². The molecule has 0 bridgehead atoms. The second kappa shape index (κ2) is 4.76. The first-order valence-corrected chi connectivity index (χ1v) is 5.55. The van der Waals surface area contributed by atoms with Crippen LogP contribution in [0.15, 0.2) is 12.4 Å². The molecule has 0 spiro atoms. The van der Waals surface area contributed by atoms with Crippen molar-refractivity contribution in [1.82, 2.24) is 9.97 Å². The van der Waals surface area contributed by atoms with Crippen LogP contribution >= 0.6 is 0 Å². The third-order valence-corrected chi connectivity index (χ3v) is 3.06. The van der Waals surface area contributed by atoms with Crippen molar-refractivity contribution in [2.24, 2.45) is 5.92 Å². The summed E-state index contributed by atoms with van der Waals surface area (Å²) < 4.78 is 0. The van der Waals surface area contributed by atoms with E-state index in [1.54, 1.807) is 12.4 Å². The fraction of sp³-hybridized carbons (Fsp3) is 0.636. The minimum absolute atomic E-state index is 0.0888. The lowest BCUT2D eigenvalue weighted by Gasteiger charge is -2.18. The molecule has 2 unspecified atom stereocenters. The fourth-order valence-electron chi connectivity index (χ4n) is 2.01. The monoisotopic (exact) mass is 223 g/mol. The number of aromatic nitrogens is 2. The van der Waals surface area contributed by atoms with Crippen molar-refractivity contribution in [3.05, 3.63) is 18.1 Å². The normalized spacial score (nSPS) is 22.4. The Labute approximate surface area is 94.8 Å². The Balaban J connectivity index is 2.08. The first kappa shape index (κ1) is 11.3. The summed E-state index contributed by atoms with van der Waals surface area (Å²) in [5.74, 6) is 1.09.